The van der Waals surface area contributed by atoms with E-state index in [9.17, 15) is 13.2 Å². The molecule has 1 N–H and O–H groups in total. The maximum absolute atomic E-state index is 13.0. The summed E-state index contributed by atoms with van der Waals surface area (Å²) >= 11 is 12.0. The van der Waals surface area contributed by atoms with E-state index in [1.165, 1.54) is 17.3 Å². The van der Waals surface area contributed by atoms with Crippen molar-refractivity contribution in [3.05, 3.63) is 39.7 Å². The molecule has 0 spiro atoms. The number of nitrogens with zero attached hydrogens (tertiary/aromatic N) is 2. The number of rotatable bonds is 4. The zero-order chi connectivity index (χ0) is 19.1. The molecule has 1 aromatic carbocycles. The maximum Gasteiger partial charge on any atom is 0.249 e. The van der Waals surface area contributed by atoms with Gasteiger partial charge in [0.25, 0.3) is 0 Å². The van der Waals surface area contributed by atoms with E-state index in [-0.39, 0.29) is 22.9 Å². The van der Waals surface area contributed by atoms with Crippen LogP contribution < -0.4 is 5.32 Å². The van der Waals surface area contributed by atoms with Crippen LogP contribution in [0, 0.1) is 13.8 Å². The van der Waals surface area contributed by atoms with Crippen LogP contribution in [0.2, 0.25) is 10.0 Å². The van der Waals surface area contributed by atoms with E-state index < -0.39 is 22.0 Å². The highest BCUT2D eigenvalue weighted by molar-refractivity contribution is 7.89. The van der Waals surface area contributed by atoms with E-state index in [4.69, 9.17) is 27.7 Å². The SMILES string of the molecule is Cc1noc(C)c1S(=O)(=O)N1CCCC1C(=O)Nc1cc(Cl)ccc1Cl. The molecule has 10 heteroatoms. The van der Waals surface area contributed by atoms with E-state index in [0.29, 0.717) is 28.6 Å². The Hall–Kier alpha value is -1.61. The highest BCUT2D eigenvalue weighted by atomic mass is 35.5. The second kappa shape index (κ2) is 7.19. The second-order valence-corrected chi connectivity index (χ2v) is 8.71. The Morgan fingerprint density at radius 1 is 1.35 bits per heavy atom. The summed E-state index contributed by atoms with van der Waals surface area (Å²) in [6.07, 6.45) is 0.983. The molecule has 1 fully saturated rings. The zero-order valence-corrected chi connectivity index (χ0v) is 16.5. The topological polar surface area (TPSA) is 92.5 Å². The summed E-state index contributed by atoms with van der Waals surface area (Å²) in [5.41, 5.74) is 0.609. The summed E-state index contributed by atoms with van der Waals surface area (Å²) in [6, 6.07) is 3.84. The third-order valence-electron chi connectivity index (χ3n) is 4.23. The number of amides is 1. The van der Waals surface area contributed by atoms with Gasteiger partial charge >= 0.3 is 0 Å². The summed E-state index contributed by atoms with van der Waals surface area (Å²) in [5, 5.41) is 7.10. The minimum absolute atomic E-state index is 0.0120. The van der Waals surface area contributed by atoms with Crippen molar-refractivity contribution >= 4 is 44.8 Å². The first kappa shape index (κ1) is 19.2. The summed E-state index contributed by atoms with van der Waals surface area (Å²) in [5.74, 6) is -0.256. The van der Waals surface area contributed by atoms with Gasteiger partial charge in [0.05, 0.1) is 10.7 Å². The molecule has 2 heterocycles. The minimum atomic E-state index is -3.90. The molecule has 1 aliphatic rings. The quantitative estimate of drug-likeness (QED) is 0.822. The molecule has 3 rings (SSSR count). The van der Waals surface area contributed by atoms with Gasteiger partial charge in [0.1, 0.15) is 16.6 Å². The first-order chi connectivity index (χ1) is 12.2. The Balaban J connectivity index is 1.88. The van der Waals surface area contributed by atoms with Crippen LogP contribution in [-0.4, -0.2) is 36.4 Å². The van der Waals surface area contributed by atoms with Crippen molar-refractivity contribution in [2.24, 2.45) is 0 Å². The zero-order valence-electron chi connectivity index (χ0n) is 14.1. The first-order valence-electron chi connectivity index (χ1n) is 7.92. The summed E-state index contributed by atoms with van der Waals surface area (Å²) in [6.45, 7) is 3.33. The molecule has 1 atom stereocenters. The number of carbonyl (C=O) groups excluding carboxylic acids is 1. The fourth-order valence-corrected chi connectivity index (χ4v) is 5.35. The predicted molar refractivity (Wildman–Crippen MR) is 98.0 cm³/mol. The molecule has 1 aliphatic heterocycles. The van der Waals surface area contributed by atoms with Gasteiger partial charge in [0.15, 0.2) is 5.76 Å². The van der Waals surface area contributed by atoms with Crippen molar-refractivity contribution in [2.75, 3.05) is 11.9 Å². The Labute approximate surface area is 161 Å². The molecule has 26 heavy (non-hydrogen) atoms. The van der Waals surface area contributed by atoms with E-state index in [2.05, 4.69) is 10.5 Å². The standard InChI is InChI=1S/C16H17Cl2N3O4S/c1-9-15(10(2)25-20-9)26(23,24)21-7-3-4-14(21)16(22)19-13-8-11(17)5-6-12(13)18/h5-6,8,14H,3-4,7H2,1-2H3,(H,19,22). The number of carbonyl (C=O) groups is 1. The minimum Gasteiger partial charge on any atom is -0.360 e. The average Bonchev–Trinajstić information content (AvgIpc) is 3.18. The molecule has 140 valence electrons. The second-order valence-electron chi connectivity index (χ2n) is 6.04. The van der Waals surface area contributed by atoms with Gasteiger partial charge in [-0.3, -0.25) is 4.79 Å². The van der Waals surface area contributed by atoms with Gasteiger partial charge in [-0.1, -0.05) is 28.4 Å². The fourth-order valence-electron chi connectivity index (χ4n) is 3.06. The molecule has 1 aromatic heterocycles. The Morgan fingerprint density at radius 2 is 2.08 bits per heavy atom. The van der Waals surface area contributed by atoms with Gasteiger partial charge in [-0.2, -0.15) is 4.31 Å². The van der Waals surface area contributed by atoms with Crippen molar-refractivity contribution in [2.45, 2.75) is 37.6 Å². The molecule has 0 radical (unpaired) electrons. The van der Waals surface area contributed by atoms with E-state index in [1.807, 2.05) is 0 Å². The van der Waals surface area contributed by atoms with Gasteiger partial charge in [-0.05, 0) is 44.9 Å². The normalized spacial score (nSPS) is 18.2. The smallest absolute Gasteiger partial charge is 0.249 e. The lowest BCUT2D eigenvalue weighted by atomic mass is 10.2. The van der Waals surface area contributed by atoms with Crippen LogP contribution in [0.3, 0.4) is 0 Å². The third-order valence-corrected chi connectivity index (χ3v) is 6.95. The number of halogens is 2. The number of hydrogen-bond donors (Lipinski definition) is 1. The number of nitrogens with one attached hydrogen (secondary N) is 1. The van der Waals surface area contributed by atoms with Crippen molar-refractivity contribution in [1.29, 1.82) is 0 Å². The first-order valence-corrected chi connectivity index (χ1v) is 10.1. The van der Waals surface area contributed by atoms with Crippen LogP contribution >= 0.6 is 23.2 Å². The Kier molecular flexibility index (Phi) is 5.30. The Morgan fingerprint density at radius 3 is 2.73 bits per heavy atom. The van der Waals surface area contributed by atoms with Gasteiger partial charge in [0.2, 0.25) is 15.9 Å². The fraction of sp³-hybridized carbons (Fsp3) is 0.375. The van der Waals surface area contributed by atoms with E-state index in [0.717, 1.165) is 0 Å². The Bertz CT molecular complexity index is 939. The van der Waals surface area contributed by atoms with E-state index >= 15 is 0 Å². The highest BCUT2D eigenvalue weighted by Crippen LogP contribution is 2.31. The molecule has 7 nitrogen and oxygen atoms in total. The molecule has 2 aromatic rings. The number of sulfonamides is 1. The lowest BCUT2D eigenvalue weighted by Crippen LogP contribution is -2.43. The van der Waals surface area contributed by atoms with Crippen LogP contribution in [0.15, 0.2) is 27.6 Å². The van der Waals surface area contributed by atoms with Crippen molar-refractivity contribution < 1.29 is 17.7 Å². The van der Waals surface area contributed by atoms with Crippen molar-refractivity contribution in [1.82, 2.24) is 9.46 Å². The molecule has 1 saturated heterocycles. The molecule has 1 amide bonds. The molecule has 0 aliphatic carbocycles. The summed E-state index contributed by atoms with van der Waals surface area (Å²) in [4.78, 5) is 12.7. The van der Waals surface area contributed by atoms with Gasteiger partial charge in [0, 0.05) is 11.6 Å². The van der Waals surface area contributed by atoms with Crippen LogP contribution in [0.5, 0.6) is 0 Å². The molecule has 0 saturated carbocycles. The lowest BCUT2D eigenvalue weighted by Gasteiger charge is -2.23. The highest BCUT2D eigenvalue weighted by Gasteiger charge is 2.42. The lowest BCUT2D eigenvalue weighted by molar-refractivity contribution is -0.119. The largest absolute Gasteiger partial charge is 0.360 e. The van der Waals surface area contributed by atoms with Crippen molar-refractivity contribution in [3.63, 3.8) is 0 Å². The van der Waals surface area contributed by atoms with Crippen LogP contribution in [0.25, 0.3) is 0 Å². The number of anilines is 1. The number of benzene rings is 1. The van der Waals surface area contributed by atoms with Crippen LogP contribution in [0.4, 0.5) is 5.69 Å². The monoisotopic (exact) mass is 417 g/mol. The number of hydrogen-bond acceptors (Lipinski definition) is 5. The van der Waals surface area contributed by atoms with E-state index in [1.54, 1.807) is 19.1 Å². The van der Waals surface area contributed by atoms with Crippen molar-refractivity contribution in [3.8, 4) is 0 Å². The number of aromatic nitrogens is 1. The molecular weight excluding hydrogens is 401 g/mol. The summed E-state index contributed by atoms with van der Waals surface area (Å²) in [7, 11) is -3.90. The average molecular weight is 418 g/mol. The summed E-state index contributed by atoms with van der Waals surface area (Å²) < 4.78 is 32.2. The van der Waals surface area contributed by atoms with Gasteiger partial charge < -0.3 is 9.84 Å². The molecule has 1 unspecified atom stereocenters. The molecule has 0 bridgehead atoms. The van der Waals surface area contributed by atoms with Gasteiger partial charge in [-0.15, -0.1) is 0 Å². The number of aryl methyl sites for hydroxylation is 2. The predicted octanol–water partition coefficient (Wildman–Crippen LogP) is 3.39. The molecular formula is C16H17Cl2N3O4S. The van der Waals surface area contributed by atoms with Gasteiger partial charge in [-0.25, -0.2) is 8.42 Å². The van der Waals surface area contributed by atoms with Crippen LogP contribution in [0.1, 0.15) is 24.3 Å². The third kappa shape index (κ3) is 3.46. The van der Waals surface area contributed by atoms with Crippen LogP contribution in [-0.2, 0) is 14.8 Å². The maximum atomic E-state index is 13.0.